The molecule has 0 aliphatic heterocycles. The van der Waals surface area contributed by atoms with Gasteiger partial charge in [0.15, 0.2) is 12.3 Å². The maximum atomic E-state index is 13.2. The number of benzene rings is 1. The second-order valence-electron chi connectivity index (χ2n) is 5.27. The summed E-state index contributed by atoms with van der Waals surface area (Å²) in [7, 11) is 0. The third-order valence-electron chi connectivity index (χ3n) is 3.81. The number of hydrogen-bond donors (Lipinski definition) is 0. The van der Waals surface area contributed by atoms with Gasteiger partial charge in [0.1, 0.15) is 28.9 Å². The fourth-order valence-electron chi connectivity index (χ4n) is 2.64. The number of nitriles is 1. The van der Waals surface area contributed by atoms with Crippen LogP contribution in [0, 0.1) is 17.1 Å². The van der Waals surface area contributed by atoms with Crippen LogP contribution in [0.25, 0.3) is 28.0 Å². The molecule has 0 unspecified atom stereocenters. The van der Waals surface area contributed by atoms with E-state index in [1.54, 1.807) is 35.0 Å². The first-order chi connectivity index (χ1) is 12.2. The third kappa shape index (κ3) is 2.64. The first-order valence-electron chi connectivity index (χ1n) is 7.22. The lowest BCUT2D eigenvalue weighted by Crippen LogP contribution is -1.90. The van der Waals surface area contributed by atoms with Gasteiger partial charge in [0.05, 0.1) is 6.20 Å². The molecule has 0 saturated heterocycles. The molecule has 8 heteroatoms. The van der Waals surface area contributed by atoms with Gasteiger partial charge in [0, 0.05) is 29.1 Å². The number of halogens is 2. The zero-order valence-corrected chi connectivity index (χ0v) is 13.4. The Kier molecular flexibility index (Phi) is 3.71. The predicted molar refractivity (Wildman–Crippen MR) is 90.6 cm³/mol. The topological polar surface area (TPSA) is 58.9 Å². The van der Waals surface area contributed by atoms with E-state index < -0.39 is 0 Å². The Hall–Kier alpha value is -3.18. The highest BCUT2D eigenvalue weighted by Gasteiger charge is 2.15. The van der Waals surface area contributed by atoms with E-state index in [-0.39, 0.29) is 18.2 Å². The monoisotopic (exact) mass is 353 g/mol. The molecule has 5 nitrogen and oxygen atoms in total. The minimum absolute atomic E-state index is 0.0308. The Balaban J connectivity index is 1.91. The van der Waals surface area contributed by atoms with Crippen molar-refractivity contribution in [3.05, 3.63) is 66.5 Å². The fraction of sp³-hybridized carbons (Fsp3) is 0. The Morgan fingerprint density at radius 3 is 2.52 bits per heavy atom. The molecule has 0 spiro atoms. The molecule has 0 aliphatic carbocycles. The molecule has 3 aromatic heterocycles. The van der Waals surface area contributed by atoms with Crippen molar-refractivity contribution in [3.8, 4) is 28.5 Å². The van der Waals surface area contributed by atoms with Crippen LogP contribution in [0.5, 0.6) is 0 Å². The Bertz CT molecular complexity index is 1110. The van der Waals surface area contributed by atoms with Crippen molar-refractivity contribution in [2.24, 2.45) is 0 Å². The predicted octanol–water partition coefficient (Wildman–Crippen LogP) is 4.26. The van der Waals surface area contributed by atoms with E-state index in [2.05, 4.69) is 16.2 Å². The zero-order chi connectivity index (χ0) is 17.4. The van der Waals surface area contributed by atoms with Crippen LogP contribution in [-0.2, 0) is 0 Å². The molecule has 0 aliphatic rings. The Morgan fingerprint density at radius 2 is 1.80 bits per heavy atom. The van der Waals surface area contributed by atoms with E-state index in [4.69, 9.17) is 0 Å². The maximum absolute atomic E-state index is 13.2. The van der Waals surface area contributed by atoms with Crippen molar-refractivity contribution >= 4 is 18.0 Å². The standard InChI is InChI=1S/C17H9F2N5S/c18-13-4-1-11(2-5-13)17-15(10-24(22-17)25-19)12-3-6-16-21-8-14(7-20)23(16)9-12/h1-6,8-10H. The van der Waals surface area contributed by atoms with Crippen LogP contribution < -0.4 is 0 Å². The molecule has 0 atom stereocenters. The number of fused-ring (bicyclic) bond motifs is 1. The van der Waals surface area contributed by atoms with Crippen molar-refractivity contribution in [2.75, 3.05) is 0 Å². The van der Waals surface area contributed by atoms with E-state index in [0.717, 1.165) is 9.65 Å². The van der Waals surface area contributed by atoms with Gasteiger partial charge in [-0.2, -0.15) is 14.4 Å². The zero-order valence-electron chi connectivity index (χ0n) is 12.6. The number of imidazole rings is 1. The number of pyridine rings is 1. The van der Waals surface area contributed by atoms with E-state index in [9.17, 15) is 13.5 Å². The van der Waals surface area contributed by atoms with E-state index >= 15 is 0 Å². The van der Waals surface area contributed by atoms with Crippen LogP contribution in [0.4, 0.5) is 8.28 Å². The first kappa shape index (κ1) is 15.4. The molecule has 0 radical (unpaired) electrons. The molecule has 0 saturated carbocycles. The van der Waals surface area contributed by atoms with Gasteiger partial charge in [-0.05, 0) is 36.4 Å². The second-order valence-corrected chi connectivity index (χ2v) is 5.78. The van der Waals surface area contributed by atoms with Crippen LogP contribution in [0.15, 0.2) is 55.0 Å². The molecule has 4 aromatic rings. The highest BCUT2D eigenvalue weighted by Crippen LogP contribution is 2.32. The summed E-state index contributed by atoms with van der Waals surface area (Å²) >= 11 is -0.0308. The lowest BCUT2D eigenvalue weighted by atomic mass is 10.0. The second kappa shape index (κ2) is 6.03. The largest absolute Gasteiger partial charge is 0.291 e. The molecular formula is C17H9F2N5S. The van der Waals surface area contributed by atoms with Gasteiger partial charge >= 0.3 is 0 Å². The average Bonchev–Trinajstić information content (AvgIpc) is 3.25. The SMILES string of the molecule is N#Cc1cnc2ccc(-c3cn(SF)nc3-c3ccc(F)cc3)cn12. The van der Waals surface area contributed by atoms with Gasteiger partial charge in [0.2, 0.25) is 0 Å². The van der Waals surface area contributed by atoms with Crippen molar-refractivity contribution < 1.29 is 8.28 Å². The van der Waals surface area contributed by atoms with Crippen molar-refractivity contribution in [1.82, 2.24) is 18.6 Å². The minimum atomic E-state index is -0.358. The van der Waals surface area contributed by atoms with E-state index in [1.165, 1.54) is 18.3 Å². The van der Waals surface area contributed by atoms with Crippen LogP contribution in [0.3, 0.4) is 0 Å². The lowest BCUT2D eigenvalue weighted by molar-refractivity contribution is 0.628. The summed E-state index contributed by atoms with van der Waals surface area (Å²) in [5, 5.41) is 13.4. The minimum Gasteiger partial charge on any atom is -0.291 e. The molecule has 3 heterocycles. The number of hydrogen-bond acceptors (Lipinski definition) is 4. The van der Waals surface area contributed by atoms with Crippen LogP contribution in [0.1, 0.15) is 5.69 Å². The van der Waals surface area contributed by atoms with Crippen LogP contribution in [-0.4, -0.2) is 18.6 Å². The maximum Gasteiger partial charge on any atom is 0.187 e. The molecule has 4 rings (SSSR count). The molecule has 0 amide bonds. The molecule has 1 aromatic carbocycles. The highest BCUT2D eigenvalue weighted by molar-refractivity contribution is 7.92. The summed E-state index contributed by atoms with van der Waals surface area (Å²) in [6, 6.07) is 11.5. The van der Waals surface area contributed by atoms with Gasteiger partial charge in [-0.15, -0.1) is 3.89 Å². The van der Waals surface area contributed by atoms with Crippen LogP contribution in [0.2, 0.25) is 0 Å². The molecule has 0 fully saturated rings. The normalized spacial score (nSPS) is 10.9. The van der Waals surface area contributed by atoms with Gasteiger partial charge in [-0.1, -0.05) is 0 Å². The number of nitrogens with zero attached hydrogens (tertiary/aromatic N) is 5. The smallest absolute Gasteiger partial charge is 0.187 e. The lowest BCUT2D eigenvalue weighted by Gasteiger charge is -2.04. The van der Waals surface area contributed by atoms with Crippen molar-refractivity contribution in [3.63, 3.8) is 0 Å². The Labute approximate surface area is 145 Å². The molecule has 25 heavy (non-hydrogen) atoms. The van der Waals surface area contributed by atoms with Gasteiger partial charge in [-0.3, -0.25) is 4.40 Å². The third-order valence-corrected chi connectivity index (χ3v) is 4.14. The number of aromatic nitrogens is 4. The first-order valence-corrected chi connectivity index (χ1v) is 7.89. The molecule has 122 valence electrons. The number of rotatable bonds is 3. The summed E-state index contributed by atoms with van der Waals surface area (Å²) in [4.78, 5) is 4.15. The highest BCUT2D eigenvalue weighted by atomic mass is 32.2. The fourth-order valence-corrected chi connectivity index (χ4v) is 2.90. The van der Waals surface area contributed by atoms with Gasteiger partial charge < -0.3 is 0 Å². The summed E-state index contributed by atoms with van der Waals surface area (Å²) in [6.07, 6.45) is 4.78. The Morgan fingerprint density at radius 1 is 1.04 bits per heavy atom. The van der Waals surface area contributed by atoms with Crippen molar-refractivity contribution in [1.29, 1.82) is 5.26 Å². The molecule has 0 N–H and O–H groups in total. The average molecular weight is 353 g/mol. The molecule has 0 bridgehead atoms. The summed E-state index contributed by atoms with van der Waals surface area (Å²) in [5.74, 6) is -0.358. The van der Waals surface area contributed by atoms with E-state index in [1.807, 2.05) is 6.07 Å². The summed E-state index contributed by atoms with van der Waals surface area (Å²) in [5.41, 5.74) is 3.61. The van der Waals surface area contributed by atoms with Gasteiger partial charge in [-0.25, -0.2) is 9.37 Å². The summed E-state index contributed by atoms with van der Waals surface area (Å²) < 4.78 is 29.0. The van der Waals surface area contributed by atoms with Gasteiger partial charge in [0.25, 0.3) is 0 Å². The van der Waals surface area contributed by atoms with E-state index in [0.29, 0.717) is 28.2 Å². The van der Waals surface area contributed by atoms with Crippen molar-refractivity contribution in [2.45, 2.75) is 0 Å². The summed E-state index contributed by atoms with van der Waals surface area (Å²) in [6.45, 7) is 0. The van der Waals surface area contributed by atoms with Crippen LogP contribution >= 0.6 is 12.3 Å². The quantitative estimate of drug-likeness (QED) is 0.552. The molecular weight excluding hydrogens is 344 g/mol.